The molecule has 14 nitrogen and oxygen atoms in total. The summed E-state index contributed by atoms with van der Waals surface area (Å²) in [6, 6.07) is 0. The highest BCUT2D eigenvalue weighted by Gasteiger charge is 2.75. The normalized spacial score (nSPS) is 11.1. The largest absolute Gasteiger partial charge is 0.710 e. The molecule has 1 rings (SSSR count). The van der Waals surface area contributed by atoms with Gasteiger partial charge in [-0.2, -0.15) is 15.0 Å². The number of nitrogens with two attached hydrogens (primary N) is 2. The summed E-state index contributed by atoms with van der Waals surface area (Å²) in [7, 11) is -8.05. The van der Waals surface area contributed by atoms with Crippen LogP contribution in [0, 0.1) is 0 Å². The summed E-state index contributed by atoms with van der Waals surface area (Å²) < 4.78 is 38.2. The van der Waals surface area contributed by atoms with Crippen LogP contribution in [0.5, 0.6) is 0 Å². The van der Waals surface area contributed by atoms with E-state index in [2.05, 4.69) is 70.4 Å². The molecule has 0 unspecified atom stereocenters. The van der Waals surface area contributed by atoms with Crippen LogP contribution in [0.2, 0.25) is 5.16 Å². The van der Waals surface area contributed by atoms with Crippen molar-refractivity contribution < 1.29 is 26.6 Å². The van der Waals surface area contributed by atoms with Gasteiger partial charge in [0.25, 0.3) is 0 Å². The number of nitrogens with zero attached hydrogens (tertiary/aromatic N) is 3. The second-order valence-corrected chi connectivity index (χ2v) is 15.6. The van der Waals surface area contributed by atoms with Crippen LogP contribution in [0.25, 0.3) is 0 Å². The quantitative estimate of drug-likeness (QED) is 0.0778. The van der Waals surface area contributed by atoms with Gasteiger partial charge < -0.3 is 54.0 Å². The molecule has 0 bridgehead atoms. The number of anilines is 3. The molecule has 1 heterocycles. The van der Waals surface area contributed by atoms with Crippen LogP contribution in [0.15, 0.2) is 74.0 Å². The van der Waals surface area contributed by atoms with Gasteiger partial charge in [-0.05, 0) is 48.0 Å². The zero-order valence-corrected chi connectivity index (χ0v) is 29.0. The Bertz CT molecular complexity index is 1030. The van der Waals surface area contributed by atoms with E-state index in [1.54, 1.807) is 41.5 Å². The van der Waals surface area contributed by atoms with Crippen molar-refractivity contribution >= 4 is 35.5 Å². The van der Waals surface area contributed by atoms with Gasteiger partial charge in [-0.25, -0.2) is 0 Å². The molecule has 0 amide bonds. The van der Waals surface area contributed by atoms with E-state index >= 15 is 0 Å². The van der Waals surface area contributed by atoms with Gasteiger partial charge in [0, 0.05) is 32.7 Å². The van der Waals surface area contributed by atoms with E-state index in [-0.39, 0.29) is 18.9 Å². The minimum atomic E-state index is -4.03. The van der Waals surface area contributed by atoms with Gasteiger partial charge in [-0.15, -0.1) is 0 Å². The van der Waals surface area contributed by atoms with Gasteiger partial charge in [0.05, 0.1) is 34.6 Å². The van der Waals surface area contributed by atoms with Crippen molar-refractivity contribution in [2.24, 2.45) is 11.5 Å². The van der Waals surface area contributed by atoms with Crippen molar-refractivity contribution in [1.29, 1.82) is 0 Å². The van der Waals surface area contributed by atoms with Gasteiger partial charge in [-0.3, -0.25) is 0 Å². The molecule has 0 saturated heterocycles. The van der Waals surface area contributed by atoms with Gasteiger partial charge >= 0.3 is 17.6 Å². The van der Waals surface area contributed by atoms with Crippen LogP contribution in [0.3, 0.4) is 0 Å². The minimum Gasteiger partial charge on any atom is -0.488 e. The third-order valence-corrected chi connectivity index (χ3v) is 13.2. The lowest BCUT2D eigenvalue weighted by Gasteiger charge is -2.42. The Labute approximate surface area is 264 Å². The first-order valence-electron chi connectivity index (χ1n) is 14.0. The molecule has 246 valence electrons. The first kappa shape index (κ1) is 38.0. The Kier molecular flexibility index (Phi) is 15.5. The molecule has 0 aliphatic heterocycles. The minimum absolute atomic E-state index is 0.225. The first-order valence-corrected chi connectivity index (χ1v) is 17.6. The Hall–Kier alpha value is -4.00. The van der Waals surface area contributed by atoms with Crippen molar-refractivity contribution in [2.45, 2.75) is 53.1 Å². The molecule has 0 aliphatic carbocycles. The maximum absolute atomic E-state index is 6.37. The Morgan fingerprint density at radius 3 is 1.02 bits per heavy atom. The van der Waals surface area contributed by atoms with Gasteiger partial charge in [-0.1, -0.05) is 39.5 Å². The third kappa shape index (κ3) is 12.7. The van der Waals surface area contributed by atoms with Crippen LogP contribution >= 0.6 is 0 Å². The highest BCUT2D eigenvalue weighted by atomic mass is 28.5. The fraction of sp³-hybridized carbons (Fsp3) is 0.464. The number of aromatic nitrogens is 3. The molecule has 0 saturated carbocycles. The molecule has 0 aliphatic rings. The van der Waals surface area contributed by atoms with Crippen molar-refractivity contribution in [2.75, 3.05) is 48.7 Å². The predicted octanol–water partition coefficient (Wildman–Crippen LogP) is 4.50. The summed E-state index contributed by atoms with van der Waals surface area (Å²) >= 11 is 0. The zero-order valence-electron chi connectivity index (χ0n) is 27.0. The number of rotatable bonds is 24. The molecular formula is C28H50N8O6Si2. The molecule has 0 radical (unpaired) electrons. The second-order valence-electron chi connectivity index (χ2n) is 10.0. The summed E-state index contributed by atoms with van der Waals surface area (Å²) in [5.41, 5.74) is 11.3. The maximum atomic E-state index is 6.37. The van der Waals surface area contributed by atoms with E-state index in [4.69, 9.17) is 38.0 Å². The summed E-state index contributed by atoms with van der Waals surface area (Å²) in [6.07, 6.45) is 0.225. The van der Waals surface area contributed by atoms with Gasteiger partial charge in [0.1, 0.15) is 0 Å². The molecule has 7 N–H and O–H groups in total. The topological polar surface area (TPSA) is 182 Å². The van der Waals surface area contributed by atoms with E-state index < -0.39 is 22.8 Å². The maximum Gasteiger partial charge on any atom is 0.710 e. The summed E-state index contributed by atoms with van der Waals surface area (Å²) in [5, 5.41) is 8.53. The molecule has 1 aromatic rings. The van der Waals surface area contributed by atoms with E-state index in [0.29, 0.717) is 72.6 Å². The standard InChI is InChI=1S/C28H50N8O6Si2/c1-19(2)37-43(38-20(3)4,39-21(5)6)25(44(40-22(7)8,41-23(9)10)42-24(11)12)13-16-31-26-34-27(32-17-14-29)36-28(35-26)33-18-15-30/h25H,1,3,5,7,9,11,13-18,29-30H2,2,4,6,8,10,12H3,(H3,31,32,33,34,35,36). The number of hydrogen-bond donors (Lipinski definition) is 5. The van der Waals surface area contributed by atoms with Crippen molar-refractivity contribution in [1.82, 2.24) is 15.0 Å². The van der Waals surface area contributed by atoms with Crippen LogP contribution in [-0.4, -0.2) is 65.3 Å². The fourth-order valence-electron chi connectivity index (χ4n) is 3.89. The smallest absolute Gasteiger partial charge is 0.488 e. The number of allylic oxidation sites excluding steroid dienone is 6. The number of nitrogens with one attached hydrogen (secondary N) is 3. The van der Waals surface area contributed by atoms with Gasteiger partial charge in [0.15, 0.2) is 5.16 Å². The van der Waals surface area contributed by atoms with Gasteiger partial charge in [0.2, 0.25) is 17.8 Å². The molecule has 1 aromatic heterocycles. The van der Waals surface area contributed by atoms with Crippen molar-refractivity contribution in [3.05, 3.63) is 74.0 Å². The summed E-state index contributed by atoms with van der Waals surface area (Å²) in [4.78, 5) is 13.3. The number of hydrogen-bond acceptors (Lipinski definition) is 14. The highest BCUT2D eigenvalue weighted by molar-refractivity contribution is 6.83. The van der Waals surface area contributed by atoms with Crippen molar-refractivity contribution in [3.63, 3.8) is 0 Å². The molecule has 0 aromatic carbocycles. The summed E-state index contributed by atoms with van der Waals surface area (Å²) in [6.45, 7) is 35.8. The van der Waals surface area contributed by atoms with Crippen LogP contribution < -0.4 is 27.4 Å². The van der Waals surface area contributed by atoms with E-state index in [1.165, 1.54) is 0 Å². The monoisotopic (exact) mass is 650 g/mol. The van der Waals surface area contributed by atoms with E-state index in [0.717, 1.165) is 0 Å². The van der Waals surface area contributed by atoms with E-state index in [1.807, 2.05) is 0 Å². The van der Waals surface area contributed by atoms with E-state index in [9.17, 15) is 0 Å². The lowest BCUT2D eigenvalue weighted by molar-refractivity contribution is 0.0994. The Balaban J connectivity index is 3.82. The average Bonchev–Trinajstić information content (AvgIpc) is 2.85. The lowest BCUT2D eigenvalue weighted by atomic mass is 10.5. The fourth-order valence-corrected chi connectivity index (χ4v) is 11.7. The SMILES string of the molecule is C=C(C)O[Si](OC(=C)C)(OC(=C)C)C(CCNc1nc(NCCN)nc(NCCN)n1)[Si](OC(=C)C)(OC(=C)C)OC(=C)C. The molecule has 0 fully saturated rings. The highest BCUT2D eigenvalue weighted by Crippen LogP contribution is 2.44. The zero-order chi connectivity index (χ0) is 33.5. The average molecular weight is 651 g/mol. The molecule has 0 atom stereocenters. The third-order valence-electron chi connectivity index (χ3n) is 4.96. The Morgan fingerprint density at radius 1 is 0.545 bits per heavy atom. The molecule has 0 spiro atoms. The summed E-state index contributed by atoms with van der Waals surface area (Å²) in [5.74, 6) is 2.89. The molecule has 44 heavy (non-hydrogen) atoms. The van der Waals surface area contributed by atoms with Crippen LogP contribution in [-0.2, 0) is 26.6 Å². The van der Waals surface area contributed by atoms with Crippen LogP contribution in [0.1, 0.15) is 48.0 Å². The first-order chi connectivity index (χ1) is 20.6. The molecular weight excluding hydrogens is 601 g/mol. The Morgan fingerprint density at radius 2 is 0.795 bits per heavy atom. The molecule has 16 heteroatoms. The van der Waals surface area contributed by atoms with Crippen LogP contribution in [0.4, 0.5) is 17.8 Å². The lowest BCUT2D eigenvalue weighted by Crippen LogP contribution is -2.63. The van der Waals surface area contributed by atoms with Crippen molar-refractivity contribution in [3.8, 4) is 0 Å². The predicted molar refractivity (Wildman–Crippen MR) is 179 cm³/mol. The second kappa shape index (κ2) is 18.0.